The number of nitrogens with one attached hydrogen (secondary N) is 1. The second-order valence-electron chi connectivity index (χ2n) is 5.06. The first-order chi connectivity index (χ1) is 9.74. The van der Waals surface area contributed by atoms with Crippen molar-refractivity contribution in [3.05, 3.63) is 51.7 Å². The molecule has 2 nitrogen and oxygen atoms in total. The van der Waals surface area contributed by atoms with Gasteiger partial charge in [0.05, 0.1) is 7.11 Å². The van der Waals surface area contributed by atoms with E-state index in [1.54, 1.807) is 7.11 Å². The summed E-state index contributed by atoms with van der Waals surface area (Å²) in [6.07, 6.45) is 3.46. The quantitative estimate of drug-likeness (QED) is 0.818. The van der Waals surface area contributed by atoms with Crippen molar-refractivity contribution in [1.82, 2.24) is 5.32 Å². The molecule has 1 aromatic heterocycles. The molecule has 0 radical (unpaired) electrons. The summed E-state index contributed by atoms with van der Waals surface area (Å²) in [4.78, 5) is 1.47. The number of hydrogen-bond donors (Lipinski definition) is 1. The van der Waals surface area contributed by atoms with Crippen LogP contribution in [-0.4, -0.2) is 14.2 Å². The molecule has 1 N–H and O–H groups in total. The minimum absolute atomic E-state index is 0.352. The Balaban J connectivity index is 2.02. The van der Waals surface area contributed by atoms with E-state index in [1.807, 2.05) is 18.4 Å². The third kappa shape index (κ3) is 3.84. The molecule has 3 heteroatoms. The molecule has 2 aromatic rings. The lowest BCUT2D eigenvalue weighted by molar-refractivity contribution is 0.397. The van der Waals surface area contributed by atoms with Gasteiger partial charge in [-0.15, -0.1) is 11.3 Å². The minimum Gasteiger partial charge on any atom is -0.496 e. The normalized spacial score (nSPS) is 12.3. The highest BCUT2D eigenvalue weighted by Crippen LogP contribution is 2.29. The molecular formula is C17H23NOS. The van der Waals surface area contributed by atoms with Gasteiger partial charge in [0, 0.05) is 16.5 Å². The summed E-state index contributed by atoms with van der Waals surface area (Å²) in [6, 6.07) is 11.1. The van der Waals surface area contributed by atoms with Crippen molar-refractivity contribution < 1.29 is 4.74 Å². The predicted octanol–water partition coefficient (Wildman–Crippen LogP) is 4.35. The van der Waals surface area contributed by atoms with Gasteiger partial charge in [0.1, 0.15) is 5.75 Å². The number of ether oxygens (including phenoxy) is 1. The monoisotopic (exact) mass is 289 g/mol. The van der Waals surface area contributed by atoms with Crippen LogP contribution in [0.15, 0.2) is 35.7 Å². The van der Waals surface area contributed by atoms with Gasteiger partial charge in [-0.25, -0.2) is 0 Å². The zero-order chi connectivity index (χ0) is 14.4. The van der Waals surface area contributed by atoms with E-state index in [0.717, 1.165) is 18.6 Å². The fourth-order valence-electron chi connectivity index (χ4n) is 2.52. The van der Waals surface area contributed by atoms with E-state index in [2.05, 4.69) is 48.0 Å². The molecule has 1 aromatic carbocycles. The number of hydrogen-bond acceptors (Lipinski definition) is 3. The molecule has 1 heterocycles. The molecule has 0 spiro atoms. The zero-order valence-corrected chi connectivity index (χ0v) is 13.3. The number of benzene rings is 1. The van der Waals surface area contributed by atoms with Crippen LogP contribution in [0.2, 0.25) is 0 Å². The summed E-state index contributed by atoms with van der Waals surface area (Å²) in [6.45, 7) is 2.13. The Morgan fingerprint density at radius 1 is 1.30 bits per heavy atom. The van der Waals surface area contributed by atoms with Gasteiger partial charge in [0.15, 0.2) is 0 Å². The highest BCUT2D eigenvalue weighted by molar-refractivity contribution is 7.09. The van der Waals surface area contributed by atoms with Crippen LogP contribution in [0.3, 0.4) is 0 Å². The summed E-state index contributed by atoms with van der Waals surface area (Å²) in [5.41, 5.74) is 2.54. The number of rotatable bonds is 7. The van der Waals surface area contributed by atoms with Gasteiger partial charge in [-0.3, -0.25) is 0 Å². The molecule has 2 rings (SSSR count). The average Bonchev–Trinajstić information content (AvgIpc) is 2.97. The second kappa shape index (κ2) is 7.46. The van der Waals surface area contributed by atoms with Gasteiger partial charge < -0.3 is 10.1 Å². The predicted molar refractivity (Wildman–Crippen MR) is 86.8 cm³/mol. The van der Waals surface area contributed by atoms with E-state index in [-0.39, 0.29) is 0 Å². The van der Waals surface area contributed by atoms with Crippen LogP contribution < -0.4 is 10.1 Å². The maximum atomic E-state index is 5.50. The molecular weight excluding hydrogens is 266 g/mol. The molecule has 20 heavy (non-hydrogen) atoms. The first-order valence-corrected chi connectivity index (χ1v) is 7.96. The van der Waals surface area contributed by atoms with Crippen LogP contribution in [0.4, 0.5) is 0 Å². The number of methoxy groups -OCH3 is 1. The summed E-state index contributed by atoms with van der Waals surface area (Å²) < 4.78 is 5.50. The second-order valence-corrected chi connectivity index (χ2v) is 6.09. The highest BCUT2D eigenvalue weighted by atomic mass is 32.1. The van der Waals surface area contributed by atoms with Crippen molar-refractivity contribution >= 4 is 11.3 Å². The standard InChI is InChI=1S/C17H23NOS/c1-13-9-10-17(19-3)15(12-13)16(18-2)8-4-6-14-7-5-11-20-14/h5,7,9-12,16,18H,4,6,8H2,1-3H3. The largest absolute Gasteiger partial charge is 0.496 e. The lowest BCUT2D eigenvalue weighted by atomic mass is 9.98. The van der Waals surface area contributed by atoms with Gasteiger partial charge in [-0.1, -0.05) is 23.8 Å². The molecule has 1 atom stereocenters. The first kappa shape index (κ1) is 15.1. The van der Waals surface area contributed by atoms with Gasteiger partial charge in [0.25, 0.3) is 0 Å². The van der Waals surface area contributed by atoms with Gasteiger partial charge in [-0.2, -0.15) is 0 Å². The van der Waals surface area contributed by atoms with E-state index in [0.29, 0.717) is 6.04 Å². The smallest absolute Gasteiger partial charge is 0.123 e. The zero-order valence-electron chi connectivity index (χ0n) is 12.5. The topological polar surface area (TPSA) is 21.3 Å². The lowest BCUT2D eigenvalue weighted by Gasteiger charge is -2.20. The molecule has 0 fully saturated rings. The molecule has 0 saturated carbocycles. The fourth-order valence-corrected chi connectivity index (χ4v) is 3.27. The van der Waals surface area contributed by atoms with E-state index in [4.69, 9.17) is 4.74 Å². The van der Waals surface area contributed by atoms with Crippen molar-refractivity contribution in [2.45, 2.75) is 32.2 Å². The van der Waals surface area contributed by atoms with Gasteiger partial charge >= 0.3 is 0 Å². The molecule has 0 amide bonds. The first-order valence-electron chi connectivity index (χ1n) is 7.08. The lowest BCUT2D eigenvalue weighted by Crippen LogP contribution is -2.17. The maximum absolute atomic E-state index is 5.50. The molecule has 1 unspecified atom stereocenters. The Morgan fingerprint density at radius 2 is 2.15 bits per heavy atom. The maximum Gasteiger partial charge on any atom is 0.123 e. The molecule has 0 saturated heterocycles. The van der Waals surface area contributed by atoms with E-state index in [1.165, 1.54) is 22.4 Å². The fraction of sp³-hybridized carbons (Fsp3) is 0.412. The Labute approximate surface area is 125 Å². The summed E-state index contributed by atoms with van der Waals surface area (Å²) >= 11 is 1.84. The van der Waals surface area contributed by atoms with Crippen LogP contribution in [0.25, 0.3) is 0 Å². The number of thiophene rings is 1. The van der Waals surface area contributed by atoms with Crippen LogP contribution in [0.5, 0.6) is 5.75 Å². The summed E-state index contributed by atoms with van der Waals surface area (Å²) in [5, 5.41) is 5.57. The molecule has 0 aliphatic heterocycles. The van der Waals surface area contributed by atoms with Crippen molar-refractivity contribution in [3.8, 4) is 5.75 Å². The van der Waals surface area contributed by atoms with Crippen molar-refractivity contribution in [2.24, 2.45) is 0 Å². The SMILES string of the molecule is CNC(CCCc1cccs1)c1cc(C)ccc1OC. The Bertz CT molecular complexity index is 522. The van der Waals surface area contributed by atoms with Crippen LogP contribution in [0.1, 0.15) is 34.9 Å². The van der Waals surface area contributed by atoms with E-state index in [9.17, 15) is 0 Å². The van der Waals surface area contributed by atoms with E-state index < -0.39 is 0 Å². The van der Waals surface area contributed by atoms with Gasteiger partial charge in [0.2, 0.25) is 0 Å². The molecule has 0 aliphatic carbocycles. The Hall–Kier alpha value is -1.32. The molecule has 108 valence electrons. The Kier molecular flexibility index (Phi) is 5.62. The van der Waals surface area contributed by atoms with Crippen LogP contribution >= 0.6 is 11.3 Å². The third-order valence-electron chi connectivity index (χ3n) is 3.61. The van der Waals surface area contributed by atoms with Crippen molar-refractivity contribution in [1.29, 1.82) is 0 Å². The molecule has 0 bridgehead atoms. The van der Waals surface area contributed by atoms with Gasteiger partial charge in [-0.05, 0) is 50.7 Å². The van der Waals surface area contributed by atoms with Crippen LogP contribution in [-0.2, 0) is 6.42 Å². The summed E-state index contributed by atoms with van der Waals surface area (Å²) in [5.74, 6) is 0.978. The minimum atomic E-state index is 0.352. The Morgan fingerprint density at radius 3 is 2.80 bits per heavy atom. The van der Waals surface area contributed by atoms with Crippen molar-refractivity contribution in [3.63, 3.8) is 0 Å². The van der Waals surface area contributed by atoms with E-state index >= 15 is 0 Å². The molecule has 0 aliphatic rings. The van der Waals surface area contributed by atoms with Crippen molar-refractivity contribution in [2.75, 3.05) is 14.2 Å². The average molecular weight is 289 g/mol. The van der Waals surface area contributed by atoms with Crippen LogP contribution in [0, 0.1) is 6.92 Å². The third-order valence-corrected chi connectivity index (χ3v) is 4.54. The number of aryl methyl sites for hydroxylation is 2. The highest BCUT2D eigenvalue weighted by Gasteiger charge is 2.14. The summed E-state index contributed by atoms with van der Waals surface area (Å²) in [7, 11) is 3.77.